The lowest BCUT2D eigenvalue weighted by Crippen LogP contribution is -2.49. The van der Waals surface area contributed by atoms with Gasteiger partial charge >= 0.3 is 0 Å². The van der Waals surface area contributed by atoms with Gasteiger partial charge in [0, 0.05) is 45.5 Å². The zero-order valence-corrected chi connectivity index (χ0v) is 11.7. The Bertz CT molecular complexity index is 485. The number of hydrogen-bond donors (Lipinski definition) is 0. The monoisotopic (exact) mass is 272 g/mol. The summed E-state index contributed by atoms with van der Waals surface area (Å²) in [4.78, 5) is 9.03. The molecule has 1 atom stereocenters. The van der Waals surface area contributed by atoms with E-state index >= 15 is 0 Å². The summed E-state index contributed by atoms with van der Waals surface area (Å²) >= 11 is 0. The molecule has 0 radical (unpaired) electrons. The number of aromatic nitrogens is 1. The molecule has 0 spiro atoms. The minimum Gasteiger partial charge on any atom is -0.377 e. The summed E-state index contributed by atoms with van der Waals surface area (Å²) in [5.74, 6) is 0.826. The van der Waals surface area contributed by atoms with E-state index in [1.807, 2.05) is 12.1 Å². The Morgan fingerprint density at radius 2 is 2.20 bits per heavy atom. The van der Waals surface area contributed by atoms with Crippen LogP contribution < -0.4 is 4.90 Å². The average Bonchev–Trinajstić information content (AvgIpc) is 3.01. The molecule has 2 aliphatic rings. The minimum absolute atomic E-state index is 0.422. The van der Waals surface area contributed by atoms with Gasteiger partial charge in [-0.25, -0.2) is 4.98 Å². The molecule has 2 fully saturated rings. The van der Waals surface area contributed by atoms with Crippen LogP contribution in [0.1, 0.15) is 18.4 Å². The van der Waals surface area contributed by atoms with Crippen LogP contribution in [0.3, 0.4) is 0 Å². The van der Waals surface area contributed by atoms with E-state index < -0.39 is 0 Å². The van der Waals surface area contributed by atoms with Crippen LogP contribution in [0.5, 0.6) is 0 Å². The van der Waals surface area contributed by atoms with Crippen LogP contribution in [0.4, 0.5) is 5.82 Å². The predicted molar refractivity (Wildman–Crippen MR) is 76.6 cm³/mol. The van der Waals surface area contributed by atoms with Crippen LogP contribution >= 0.6 is 0 Å². The molecule has 3 rings (SSSR count). The molecule has 20 heavy (non-hydrogen) atoms. The van der Waals surface area contributed by atoms with Gasteiger partial charge in [0.2, 0.25) is 0 Å². The van der Waals surface area contributed by atoms with Crippen molar-refractivity contribution >= 4 is 5.82 Å². The third kappa shape index (κ3) is 2.92. The highest BCUT2D eigenvalue weighted by molar-refractivity contribution is 5.53. The summed E-state index contributed by atoms with van der Waals surface area (Å²) in [5.41, 5.74) is 0.667. The Kier molecular flexibility index (Phi) is 4.14. The van der Waals surface area contributed by atoms with Crippen molar-refractivity contribution in [3.05, 3.63) is 23.9 Å². The van der Waals surface area contributed by atoms with Gasteiger partial charge in [0.15, 0.2) is 0 Å². The molecule has 0 amide bonds. The van der Waals surface area contributed by atoms with E-state index in [0.717, 1.165) is 45.1 Å². The van der Waals surface area contributed by atoms with Gasteiger partial charge in [-0.1, -0.05) is 0 Å². The Balaban J connectivity index is 1.56. The van der Waals surface area contributed by atoms with Crippen molar-refractivity contribution in [2.45, 2.75) is 18.9 Å². The third-order valence-corrected chi connectivity index (χ3v) is 4.06. The minimum atomic E-state index is 0.422. The van der Waals surface area contributed by atoms with Gasteiger partial charge in [-0.05, 0) is 25.0 Å². The quantitative estimate of drug-likeness (QED) is 0.829. The number of piperazine rings is 1. The standard InChI is InChI=1S/C15H20N4O/c16-11-13-3-1-5-17-15(13)19-8-6-18(7-9-19)12-14-4-2-10-20-14/h1,3,5,14H,2,4,6-10,12H2. The van der Waals surface area contributed by atoms with Crippen molar-refractivity contribution in [2.75, 3.05) is 44.2 Å². The number of ether oxygens (including phenoxy) is 1. The highest BCUT2D eigenvalue weighted by Gasteiger charge is 2.24. The topological polar surface area (TPSA) is 52.4 Å². The smallest absolute Gasteiger partial charge is 0.146 e. The fourth-order valence-corrected chi connectivity index (χ4v) is 2.95. The summed E-state index contributed by atoms with van der Waals surface area (Å²) in [6.07, 6.45) is 4.57. The maximum atomic E-state index is 9.15. The predicted octanol–water partition coefficient (Wildman–Crippen LogP) is 1.25. The summed E-state index contributed by atoms with van der Waals surface area (Å²) in [5, 5.41) is 9.15. The molecule has 2 aliphatic heterocycles. The summed E-state index contributed by atoms with van der Waals surface area (Å²) < 4.78 is 5.69. The Morgan fingerprint density at radius 1 is 1.35 bits per heavy atom. The molecule has 106 valence electrons. The Labute approximate surface area is 119 Å². The van der Waals surface area contributed by atoms with Gasteiger partial charge in [0.1, 0.15) is 11.9 Å². The van der Waals surface area contributed by atoms with Gasteiger partial charge in [-0.2, -0.15) is 5.26 Å². The third-order valence-electron chi connectivity index (χ3n) is 4.06. The fourth-order valence-electron chi connectivity index (χ4n) is 2.95. The normalized spacial score (nSPS) is 23.8. The van der Waals surface area contributed by atoms with Crippen molar-refractivity contribution in [1.82, 2.24) is 9.88 Å². The van der Waals surface area contributed by atoms with Gasteiger partial charge in [0.25, 0.3) is 0 Å². The lowest BCUT2D eigenvalue weighted by atomic mass is 10.2. The molecule has 1 aromatic heterocycles. The molecule has 1 aromatic rings. The van der Waals surface area contributed by atoms with Crippen molar-refractivity contribution in [3.8, 4) is 6.07 Å². The highest BCUT2D eigenvalue weighted by Crippen LogP contribution is 2.19. The van der Waals surface area contributed by atoms with E-state index in [1.165, 1.54) is 12.8 Å². The first-order valence-electron chi connectivity index (χ1n) is 7.31. The van der Waals surface area contributed by atoms with E-state index in [4.69, 9.17) is 10.00 Å². The SMILES string of the molecule is N#Cc1cccnc1N1CCN(CC2CCCO2)CC1. The molecular weight excluding hydrogens is 252 g/mol. The van der Waals surface area contributed by atoms with Crippen LogP contribution in [-0.4, -0.2) is 55.3 Å². The number of pyridine rings is 1. The molecule has 0 bridgehead atoms. The first-order valence-corrected chi connectivity index (χ1v) is 7.31. The first kappa shape index (κ1) is 13.3. The maximum absolute atomic E-state index is 9.15. The average molecular weight is 272 g/mol. The Hall–Kier alpha value is -1.64. The molecule has 3 heterocycles. The molecule has 2 saturated heterocycles. The molecule has 0 N–H and O–H groups in total. The summed E-state index contributed by atoms with van der Waals surface area (Å²) in [7, 11) is 0. The highest BCUT2D eigenvalue weighted by atomic mass is 16.5. The zero-order chi connectivity index (χ0) is 13.8. The summed E-state index contributed by atoms with van der Waals surface area (Å²) in [6.45, 7) is 5.85. The molecule has 5 nitrogen and oxygen atoms in total. The summed E-state index contributed by atoms with van der Waals surface area (Å²) in [6, 6.07) is 5.87. The van der Waals surface area contributed by atoms with Gasteiger partial charge < -0.3 is 9.64 Å². The largest absolute Gasteiger partial charge is 0.377 e. The molecule has 0 saturated carbocycles. The van der Waals surface area contributed by atoms with Gasteiger partial charge in [-0.15, -0.1) is 0 Å². The number of anilines is 1. The Morgan fingerprint density at radius 3 is 2.90 bits per heavy atom. The van der Waals surface area contributed by atoms with E-state index in [2.05, 4.69) is 20.9 Å². The lowest BCUT2D eigenvalue weighted by Gasteiger charge is -2.36. The van der Waals surface area contributed by atoms with Crippen molar-refractivity contribution in [3.63, 3.8) is 0 Å². The number of nitrogens with zero attached hydrogens (tertiary/aromatic N) is 4. The van der Waals surface area contributed by atoms with Crippen molar-refractivity contribution < 1.29 is 4.74 Å². The molecule has 0 aromatic carbocycles. The molecular formula is C15H20N4O. The molecule has 0 aliphatic carbocycles. The number of hydrogen-bond acceptors (Lipinski definition) is 5. The fraction of sp³-hybridized carbons (Fsp3) is 0.600. The second kappa shape index (κ2) is 6.21. The maximum Gasteiger partial charge on any atom is 0.146 e. The van der Waals surface area contributed by atoms with Crippen LogP contribution in [0.25, 0.3) is 0 Å². The van der Waals surface area contributed by atoms with E-state index in [1.54, 1.807) is 6.20 Å². The van der Waals surface area contributed by atoms with Gasteiger partial charge in [-0.3, -0.25) is 4.90 Å². The molecule has 5 heteroatoms. The van der Waals surface area contributed by atoms with Crippen molar-refractivity contribution in [1.29, 1.82) is 5.26 Å². The second-order valence-corrected chi connectivity index (χ2v) is 5.41. The van der Waals surface area contributed by atoms with Crippen LogP contribution in [0.15, 0.2) is 18.3 Å². The molecule has 1 unspecified atom stereocenters. The second-order valence-electron chi connectivity index (χ2n) is 5.41. The number of nitriles is 1. The van der Waals surface area contributed by atoms with E-state index in [9.17, 15) is 0 Å². The zero-order valence-electron chi connectivity index (χ0n) is 11.7. The van der Waals surface area contributed by atoms with Crippen LogP contribution in [0, 0.1) is 11.3 Å². The van der Waals surface area contributed by atoms with Crippen LogP contribution in [0.2, 0.25) is 0 Å². The van der Waals surface area contributed by atoms with E-state index in [0.29, 0.717) is 11.7 Å². The number of rotatable bonds is 3. The van der Waals surface area contributed by atoms with Crippen LogP contribution in [-0.2, 0) is 4.74 Å². The van der Waals surface area contributed by atoms with Crippen molar-refractivity contribution in [2.24, 2.45) is 0 Å². The lowest BCUT2D eigenvalue weighted by molar-refractivity contribution is 0.0712. The first-order chi connectivity index (χ1) is 9.86. The van der Waals surface area contributed by atoms with E-state index in [-0.39, 0.29) is 0 Å². The van der Waals surface area contributed by atoms with Gasteiger partial charge in [0.05, 0.1) is 11.7 Å².